The van der Waals surface area contributed by atoms with Crippen LogP contribution in [0.3, 0.4) is 0 Å². The Labute approximate surface area is 180 Å². The molecule has 0 spiro atoms. The van der Waals surface area contributed by atoms with Crippen LogP contribution in [-0.4, -0.2) is 10.5 Å². The number of allylic oxidation sites excluding steroid dienone is 2. The van der Waals surface area contributed by atoms with Gasteiger partial charge in [0.05, 0.1) is 0 Å². The Kier molecular flexibility index (Phi) is 5.04. The summed E-state index contributed by atoms with van der Waals surface area (Å²) in [5.74, 6) is 0.667. The molecule has 162 valence electrons. The highest BCUT2D eigenvalue weighted by Gasteiger charge is 2.52. The minimum absolute atomic E-state index is 0.0592. The standard InChI is InChI=1S/C25H33O4P/c1-4-16-14-17-10-6-8-12-20(17)22-23-21-13-9-7-11-18(21)15-19(5-2)25(23,3)29-30(26,27)28-24(16)22/h14-15,19H,4-13H2,1-3H3,(H,26,27). The topological polar surface area (TPSA) is 55.8 Å². The number of rotatable bonds is 2. The maximum Gasteiger partial charge on any atom is 0.528 e. The lowest BCUT2D eigenvalue weighted by molar-refractivity contribution is 0.0667. The van der Waals surface area contributed by atoms with Crippen molar-refractivity contribution in [3.63, 3.8) is 0 Å². The fraction of sp³-hybridized carbons (Fsp3) is 0.600. The van der Waals surface area contributed by atoms with E-state index in [1.165, 1.54) is 35.1 Å². The molecule has 5 heteroatoms. The van der Waals surface area contributed by atoms with Gasteiger partial charge in [-0.3, -0.25) is 9.42 Å². The van der Waals surface area contributed by atoms with Gasteiger partial charge in [0.25, 0.3) is 0 Å². The van der Waals surface area contributed by atoms with Crippen molar-refractivity contribution in [1.29, 1.82) is 0 Å². The van der Waals surface area contributed by atoms with Crippen LogP contribution in [0.5, 0.6) is 5.75 Å². The van der Waals surface area contributed by atoms with Crippen molar-refractivity contribution in [1.82, 2.24) is 0 Å². The molecule has 4 nitrogen and oxygen atoms in total. The van der Waals surface area contributed by atoms with E-state index in [0.29, 0.717) is 5.75 Å². The lowest BCUT2D eigenvalue weighted by Gasteiger charge is -2.43. The van der Waals surface area contributed by atoms with Crippen molar-refractivity contribution in [2.75, 3.05) is 0 Å². The highest BCUT2D eigenvalue weighted by Crippen LogP contribution is 2.63. The molecule has 0 amide bonds. The first kappa shape index (κ1) is 20.5. The summed E-state index contributed by atoms with van der Waals surface area (Å²) in [4.78, 5) is 10.8. The first-order valence-electron chi connectivity index (χ1n) is 11.7. The third-order valence-corrected chi connectivity index (χ3v) is 8.70. The normalized spacial score (nSPS) is 32.8. The zero-order valence-corrected chi connectivity index (χ0v) is 19.3. The van der Waals surface area contributed by atoms with Gasteiger partial charge >= 0.3 is 7.82 Å². The number of benzene rings is 1. The highest BCUT2D eigenvalue weighted by atomic mass is 31.2. The van der Waals surface area contributed by atoms with Gasteiger partial charge in [-0.05, 0) is 105 Å². The van der Waals surface area contributed by atoms with E-state index in [1.54, 1.807) is 0 Å². The first-order chi connectivity index (χ1) is 14.4. The number of hydrogen-bond acceptors (Lipinski definition) is 3. The molecule has 1 aromatic rings. The first-order valence-corrected chi connectivity index (χ1v) is 13.2. The summed E-state index contributed by atoms with van der Waals surface area (Å²) < 4.78 is 25.2. The molecule has 3 atom stereocenters. The molecule has 30 heavy (non-hydrogen) atoms. The molecule has 0 bridgehead atoms. The summed E-state index contributed by atoms with van der Waals surface area (Å²) in [6.07, 6.45) is 12.9. The van der Waals surface area contributed by atoms with E-state index in [0.717, 1.165) is 68.1 Å². The summed E-state index contributed by atoms with van der Waals surface area (Å²) in [7, 11) is -4.25. The number of phosphoric acid groups is 1. The molecular formula is C25H33O4P. The molecule has 4 aliphatic rings. The van der Waals surface area contributed by atoms with Crippen LogP contribution in [0.2, 0.25) is 0 Å². The molecule has 0 aromatic heterocycles. The Hall–Kier alpha value is -1.35. The molecule has 0 radical (unpaired) electrons. The summed E-state index contributed by atoms with van der Waals surface area (Å²) in [5, 5.41) is 0. The average Bonchev–Trinajstić information content (AvgIpc) is 2.82. The van der Waals surface area contributed by atoms with Crippen molar-refractivity contribution in [3.8, 4) is 5.75 Å². The van der Waals surface area contributed by atoms with Crippen molar-refractivity contribution in [2.45, 2.75) is 90.6 Å². The van der Waals surface area contributed by atoms with Gasteiger partial charge in [-0.15, -0.1) is 0 Å². The monoisotopic (exact) mass is 428 g/mol. The maximum atomic E-state index is 13.2. The number of fused-ring (bicyclic) bond motifs is 6. The van der Waals surface area contributed by atoms with Crippen LogP contribution in [0.4, 0.5) is 0 Å². The van der Waals surface area contributed by atoms with Gasteiger partial charge in [0, 0.05) is 11.5 Å². The van der Waals surface area contributed by atoms with E-state index >= 15 is 0 Å². The van der Waals surface area contributed by atoms with Gasteiger partial charge in [-0.25, -0.2) is 4.57 Å². The lowest BCUT2D eigenvalue weighted by atomic mass is 9.65. The smallest absolute Gasteiger partial charge is 0.403 e. The maximum absolute atomic E-state index is 13.2. The highest BCUT2D eigenvalue weighted by molar-refractivity contribution is 7.48. The summed E-state index contributed by atoms with van der Waals surface area (Å²) in [6.45, 7) is 6.27. The Balaban J connectivity index is 1.90. The second-order valence-corrected chi connectivity index (χ2v) is 10.8. The zero-order chi connectivity index (χ0) is 21.1. The van der Waals surface area contributed by atoms with E-state index in [9.17, 15) is 9.46 Å². The Morgan fingerprint density at radius 2 is 1.87 bits per heavy atom. The fourth-order valence-electron chi connectivity index (χ4n) is 6.26. The number of aryl methyl sites for hydroxylation is 2. The zero-order valence-electron chi connectivity index (χ0n) is 18.4. The SMILES string of the molecule is CCc1cc2c(c3c1OP(=O)(O)OC1(C)C3=C3CCCCC3=CC1CC)CCCC2. The predicted molar refractivity (Wildman–Crippen MR) is 120 cm³/mol. The van der Waals surface area contributed by atoms with Gasteiger partial charge in [-0.2, -0.15) is 0 Å². The van der Waals surface area contributed by atoms with E-state index in [-0.39, 0.29) is 5.92 Å². The largest absolute Gasteiger partial charge is 0.528 e. The van der Waals surface area contributed by atoms with Crippen molar-refractivity contribution in [3.05, 3.63) is 45.5 Å². The third-order valence-electron chi connectivity index (χ3n) is 7.68. The second-order valence-electron chi connectivity index (χ2n) is 9.46. The van der Waals surface area contributed by atoms with Crippen LogP contribution in [0.25, 0.3) is 5.57 Å². The van der Waals surface area contributed by atoms with Gasteiger partial charge in [0.15, 0.2) is 0 Å². The Bertz CT molecular complexity index is 1000. The van der Waals surface area contributed by atoms with Gasteiger partial charge in [-0.1, -0.05) is 26.0 Å². The molecular weight excluding hydrogens is 395 g/mol. The van der Waals surface area contributed by atoms with Gasteiger partial charge < -0.3 is 4.52 Å². The number of phosphoric ester groups is 1. The van der Waals surface area contributed by atoms with E-state index in [1.807, 2.05) is 6.92 Å². The van der Waals surface area contributed by atoms with Gasteiger partial charge in [0.2, 0.25) is 0 Å². The van der Waals surface area contributed by atoms with Crippen LogP contribution in [0.1, 0.15) is 88.0 Å². The molecule has 1 heterocycles. The van der Waals surface area contributed by atoms with Crippen LogP contribution < -0.4 is 4.52 Å². The van der Waals surface area contributed by atoms with E-state index in [4.69, 9.17) is 9.05 Å². The summed E-state index contributed by atoms with van der Waals surface area (Å²) in [5.41, 5.74) is 7.93. The molecule has 3 unspecified atom stereocenters. The minimum atomic E-state index is -4.25. The molecule has 1 aromatic carbocycles. The minimum Gasteiger partial charge on any atom is -0.403 e. The van der Waals surface area contributed by atoms with Crippen LogP contribution >= 0.6 is 7.82 Å². The third kappa shape index (κ3) is 3.06. The van der Waals surface area contributed by atoms with E-state index in [2.05, 4.69) is 26.0 Å². The molecule has 1 saturated carbocycles. The average molecular weight is 429 g/mol. The summed E-state index contributed by atoms with van der Waals surface area (Å²) >= 11 is 0. The molecule has 1 aliphatic heterocycles. The van der Waals surface area contributed by atoms with Crippen LogP contribution in [-0.2, 0) is 28.4 Å². The molecule has 5 rings (SSSR count). The Morgan fingerprint density at radius 3 is 2.63 bits per heavy atom. The molecule has 0 saturated heterocycles. The van der Waals surface area contributed by atoms with E-state index < -0.39 is 13.4 Å². The molecule has 1 fully saturated rings. The number of hydrogen-bond donors (Lipinski definition) is 1. The van der Waals surface area contributed by atoms with Crippen LogP contribution in [0, 0.1) is 5.92 Å². The quantitative estimate of drug-likeness (QED) is 0.533. The van der Waals surface area contributed by atoms with Gasteiger partial charge in [0.1, 0.15) is 11.4 Å². The fourth-order valence-corrected chi connectivity index (χ4v) is 7.44. The predicted octanol–water partition coefficient (Wildman–Crippen LogP) is 6.69. The summed E-state index contributed by atoms with van der Waals surface area (Å²) in [6, 6.07) is 2.22. The van der Waals surface area contributed by atoms with Crippen molar-refractivity contribution in [2.24, 2.45) is 5.92 Å². The van der Waals surface area contributed by atoms with Crippen LogP contribution in [0.15, 0.2) is 23.3 Å². The lowest BCUT2D eigenvalue weighted by Crippen LogP contribution is -2.40. The van der Waals surface area contributed by atoms with Crippen molar-refractivity contribution >= 4 is 13.4 Å². The second kappa shape index (κ2) is 7.36. The Morgan fingerprint density at radius 1 is 1.13 bits per heavy atom. The molecule has 3 aliphatic carbocycles. The molecule has 1 N–H and O–H groups in total. The van der Waals surface area contributed by atoms with Crippen molar-refractivity contribution < 1.29 is 18.5 Å².